The van der Waals surface area contributed by atoms with Gasteiger partial charge in [0.25, 0.3) is 10.0 Å². The van der Waals surface area contributed by atoms with Crippen molar-refractivity contribution in [2.24, 2.45) is 0 Å². The number of benzene rings is 2. The minimum atomic E-state index is -3.78. The summed E-state index contributed by atoms with van der Waals surface area (Å²) in [7, 11) is -3.78. The van der Waals surface area contributed by atoms with E-state index in [-0.39, 0.29) is 10.8 Å². The summed E-state index contributed by atoms with van der Waals surface area (Å²) < 4.78 is 28.6. The van der Waals surface area contributed by atoms with Gasteiger partial charge in [-0.2, -0.15) is 0 Å². The number of anilines is 2. The number of rotatable bonds is 4. The van der Waals surface area contributed by atoms with Crippen LogP contribution < -0.4 is 9.62 Å². The van der Waals surface area contributed by atoms with Crippen LogP contribution in [0, 0.1) is 6.92 Å². The van der Waals surface area contributed by atoms with Gasteiger partial charge in [0.15, 0.2) is 0 Å². The molecule has 0 aromatic heterocycles. The molecule has 0 radical (unpaired) electrons. The summed E-state index contributed by atoms with van der Waals surface area (Å²) in [5, 5.41) is 0.315. The number of hydrogen-bond acceptors (Lipinski definition) is 3. The molecule has 1 aliphatic heterocycles. The summed E-state index contributed by atoms with van der Waals surface area (Å²) in [6.45, 7) is 2.44. The molecule has 3 rings (SSSR count). The largest absolute Gasteiger partial charge is 0.312 e. The molecule has 2 aromatic rings. The van der Waals surface area contributed by atoms with Gasteiger partial charge in [-0.25, -0.2) is 8.42 Å². The maximum absolute atomic E-state index is 12.6. The van der Waals surface area contributed by atoms with Gasteiger partial charge in [-0.1, -0.05) is 27.5 Å². The third-order valence-corrected chi connectivity index (χ3v) is 6.14. The van der Waals surface area contributed by atoms with Gasteiger partial charge in [0.1, 0.15) is 0 Å². The van der Waals surface area contributed by atoms with Crippen LogP contribution in [-0.4, -0.2) is 20.9 Å². The summed E-state index contributed by atoms with van der Waals surface area (Å²) in [6, 6.07) is 9.69. The van der Waals surface area contributed by atoms with Crippen LogP contribution in [0.4, 0.5) is 11.4 Å². The average Bonchev–Trinajstić information content (AvgIpc) is 2.97. The summed E-state index contributed by atoms with van der Waals surface area (Å²) in [5.74, 6) is 0.0611. The average molecular weight is 444 g/mol. The van der Waals surface area contributed by atoms with Crippen molar-refractivity contribution in [3.8, 4) is 0 Å². The highest BCUT2D eigenvalue weighted by molar-refractivity contribution is 9.10. The second-order valence-electron chi connectivity index (χ2n) is 5.83. The molecule has 1 N–H and O–H groups in total. The van der Waals surface area contributed by atoms with Gasteiger partial charge in [0.2, 0.25) is 5.91 Å². The number of hydrogen-bond donors (Lipinski definition) is 1. The lowest BCUT2D eigenvalue weighted by Gasteiger charge is -2.17. The van der Waals surface area contributed by atoms with Crippen molar-refractivity contribution in [1.82, 2.24) is 0 Å². The fraction of sp³-hybridized carbons (Fsp3) is 0.235. The van der Waals surface area contributed by atoms with Gasteiger partial charge >= 0.3 is 0 Å². The van der Waals surface area contributed by atoms with E-state index in [0.717, 1.165) is 10.9 Å². The molecule has 0 unspecified atom stereocenters. The standard InChI is InChI=1S/C17H16BrClN2O3S/c1-11-9-12(18)10-15(19)17(11)20-25(23,24)14-6-4-13(5-7-14)21-8-2-3-16(21)22/h4-7,9-10,20H,2-3,8H2,1H3. The van der Waals surface area contributed by atoms with E-state index in [1.165, 1.54) is 12.1 Å². The van der Waals surface area contributed by atoms with Crippen LogP contribution in [0.25, 0.3) is 0 Å². The number of sulfonamides is 1. The van der Waals surface area contributed by atoms with Gasteiger partial charge in [-0.05, 0) is 55.3 Å². The normalized spacial score (nSPS) is 14.8. The number of carbonyl (C=O) groups excluding carboxylic acids is 1. The Kier molecular flexibility index (Phi) is 5.09. The molecule has 1 fully saturated rings. The summed E-state index contributed by atoms with van der Waals surface area (Å²) in [6.07, 6.45) is 1.35. The molecule has 0 atom stereocenters. The molecule has 8 heteroatoms. The molecule has 1 aliphatic rings. The minimum Gasteiger partial charge on any atom is -0.312 e. The first kappa shape index (κ1) is 18.2. The Hall–Kier alpha value is -1.57. The molecule has 5 nitrogen and oxygen atoms in total. The maximum atomic E-state index is 12.6. The number of amides is 1. The van der Waals surface area contributed by atoms with Crippen LogP contribution >= 0.6 is 27.5 Å². The van der Waals surface area contributed by atoms with Crippen molar-refractivity contribution in [1.29, 1.82) is 0 Å². The van der Waals surface area contributed by atoms with Gasteiger partial charge in [0, 0.05) is 23.1 Å². The lowest BCUT2D eigenvalue weighted by Crippen LogP contribution is -2.23. The molecule has 132 valence electrons. The lowest BCUT2D eigenvalue weighted by molar-refractivity contribution is -0.117. The predicted molar refractivity (Wildman–Crippen MR) is 103 cm³/mol. The molecule has 0 aliphatic carbocycles. The Balaban J connectivity index is 1.87. The number of halogens is 2. The second-order valence-corrected chi connectivity index (χ2v) is 8.83. The molecule has 0 saturated carbocycles. The molecule has 0 spiro atoms. The van der Waals surface area contributed by atoms with Crippen LogP contribution in [0.2, 0.25) is 5.02 Å². The Morgan fingerprint density at radius 2 is 1.88 bits per heavy atom. The predicted octanol–water partition coefficient (Wildman–Crippen LogP) is 4.34. The van der Waals surface area contributed by atoms with Crippen molar-refractivity contribution in [3.05, 3.63) is 51.5 Å². The SMILES string of the molecule is Cc1cc(Br)cc(Cl)c1NS(=O)(=O)c1ccc(N2CCCC2=O)cc1. The number of nitrogens with one attached hydrogen (secondary N) is 1. The highest BCUT2D eigenvalue weighted by Crippen LogP contribution is 2.32. The maximum Gasteiger partial charge on any atom is 0.261 e. The first-order valence-corrected chi connectivity index (χ1v) is 10.3. The van der Waals surface area contributed by atoms with Crippen LogP contribution in [-0.2, 0) is 14.8 Å². The van der Waals surface area contributed by atoms with E-state index >= 15 is 0 Å². The van der Waals surface area contributed by atoms with Crippen LogP contribution in [0.5, 0.6) is 0 Å². The van der Waals surface area contributed by atoms with E-state index in [1.807, 2.05) is 0 Å². The van der Waals surface area contributed by atoms with Gasteiger partial charge in [-0.15, -0.1) is 0 Å². The molecular weight excluding hydrogens is 428 g/mol. The molecule has 2 aromatic carbocycles. The van der Waals surface area contributed by atoms with E-state index in [1.54, 1.807) is 36.1 Å². The molecule has 25 heavy (non-hydrogen) atoms. The van der Waals surface area contributed by atoms with Gasteiger partial charge < -0.3 is 4.90 Å². The Morgan fingerprint density at radius 3 is 2.44 bits per heavy atom. The Bertz CT molecular complexity index is 906. The van der Waals surface area contributed by atoms with E-state index in [2.05, 4.69) is 20.7 Å². The van der Waals surface area contributed by atoms with E-state index in [4.69, 9.17) is 11.6 Å². The Labute approximate surface area is 160 Å². The summed E-state index contributed by atoms with van der Waals surface area (Å²) in [5.41, 5.74) is 1.77. The fourth-order valence-corrected chi connectivity index (χ4v) is 4.98. The number of carbonyl (C=O) groups is 1. The van der Waals surface area contributed by atoms with Crippen molar-refractivity contribution >= 4 is 54.8 Å². The van der Waals surface area contributed by atoms with E-state index < -0.39 is 10.0 Å². The van der Waals surface area contributed by atoms with Crippen molar-refractivity contribution in [3.63, 3.8) is 0 Å². The quantitative estimate of drug-likeness (QED) is 0.764. The molecular formula is C17H16BrClN2O3S. The van der Waals surface area contributed by atoms with Gasteiger partial charge in [-0.3, -0.25) is 9.52 Å². The highest BCUT2D eigenvalue weighted by atomic mass is 79.9. The summed E-state index contributed by atoms with van der Waals surface area (Å²) >= 11 is 9.48. The highest BCUT2D eigenvalue weighted by Gasteiger charge is 2.23. The van der Waals surface area contributed by atoms with Crippen LogP contribution in [0.3, 0.4) is 0 Å². The molecule has 1 amide bonds. The third kappa shape index (κ3) is 3.83. The van der Waals surface area contributed by atoms with Crippen molar-refractivity contribution < 1.29 is 13.2 Å². The number of aryl methyl sites for hydroxylation is 1. The lowest BCUT2D eigenvalue weighted by atomic mass is 10.2. The van der Waals surface area contributed by atoms with Gasteiger partial charge in [0.05, 0.1) is 15.6 Å². The zero-order chi connectivity index (χ0) is 18.2. The fourth-order valence-electron chi connectivity index (χ4n) is 2.75. The zero-order valence-electron chi connectivity index (χ0n) is 13.4. The second kappa shape index (κ2) is 6.97. The third-order valence-electron chi connectivity index (χ3n) is 4.02. The van der Waals surface area contributed by atoms with E-state index in [0.29, 0.717) is 34.9 Å². The first-order valence-electron chi connectivity index (χ1n) is 7.67. The molecule has 1 saturated heterocycles. The van der Waals surface area contributed by atoms with Crippen molar-refractivity contribution in [2.45, 2.75) is 24.7 Å². The first-order chi connectivity index (χ1) is 11.8. The number of nitrogens with zero attached hydrogens (tertiary/aromatic N) is 1. The molecule has 1 heterocycles. The van der Waals surface area contributed by atoms with Crippen LogP contribution in [0.15, 0.2) is 45.8 Å². The molecule has 0 bridgehead atoms. The zero-order valence-corrected chi connectivity index (χ0v) is 16.6. The minimum absolute atomic E-state index is 0.0611. The summed E-state index contributed by atoms with van der Waals surface area (Å²) in [4.78, 5) is 13.6. The Morgan fingerprint density at radius 1 is 1.20 bits per heavy atom. The van der Waals surface area contributed by atoms with Crippen molar-refractivity contribution in [2.75, 3.05) is 16.2 Å². The monoisotopic (exact) mass is 442 g/mol. The van der Waals surface area contributed by atoms with E-state index in [9.17, 15) is 13.2 Å². The smallest absolute Gasteiger partial charge is 0.261 e. The topological polar surface area (TPSA) is 66.5 Å². The van der Waals surface area contributed by atoms with Crippen LogP contribution in [0.1, 0.15) is 18.4 Å².